The summed E-state index contributed by atoms with van der Waals surface area (Å²) in [5.41, 5.74) is 0. The van der Waals surface area contributed by atoms with Gasteiger partial charge in [0, 0.05) is 26.2 Å². The second-order valence-corrected chi connectivity index (χ2v) is 17.1. The Morgan fingerprint density at radius 2 is 1.03 bits per heavy atom. The van der Waals surface area contributed by atoms with Gasteiger partial charge in [0.05, 0.1) is 40.4 Å². The van der Waals surface area contributed by atoms with Gasteiger partial charge in [-0.3, -0.25) is 0 Å². The summed E-state index contributed by atoms with van der Waals surface area (Å²) < 4.78 is 16.6. The lowest BCUT2D eigenvalue weighted by molar-refractivity contribution is -0.891. The third-order valence-corrected chi connectivity index (χ3v) is 11.0. The number of rotatable bonds is 44. The van der Waals surface area contributed by atoms with Gasteiger partial charge < -0.3 is 34.6 Å². The van der Waals surface area contributed by atoms with Crippen LogP contribution < -0.4 is 16.0 Å². The van der Waals surface area contributed by atoms with Crippen molar-refractivity contribution in [1.82, 2.24) is 20.9 Å². The molecule has 0 spiro atoms. The number of nitriles is 1. The van der Waals surface area contributed by atoms with Gasteiger partial charge in [-0.15, -0.1) is 0 Å². The van der Waals surface area contributed by atoms with E-state index in [1.54, 1.807) is 6.26 Å². The molecule has 0 fully saturated rings. The van der Waals surface area contributed by atoms with Crippen molar-refractivity contribution in [2.45, 2.75) is 187 Å². The monoisotopic (exact) mass is 865 g/mol. The number of hydrogen-bond donors (Lipinski definition) is 3. The van der Waals surface area contributed by atoms with E-state index in [0.29, 0.717) is 59.0 Å². The highest BCUT2D eigenvalue weighted by Gasteiger charge is 2.20. The van der Waals surface area contributed by atoms with E-state index >= 15 is 0 Å². The topological polar surface area (TPSA) is 171 Å². The number of nitrogens with one attached hydrogen (secondary N) is 3. The Bertz CT molecular complexity index is 1130. The Balaban J connectivity index is 3.92. The fourth-order valence-corrected chi connectivity index (χ4v) is 7.09. The number of amides is 5. The smallest absolute Gasteiger partial charge is 0.407 e. The maximum absolute atomic E-state index is 12.9. The van der Waals surface area contributed by atoms with Crippen LogP contribution in [0.4, 0.5) is 14.4 Å². The number of isocyanates is 1. The molecular weight excluding hydrogens is 775 g/mol. The van der Waals surface area contributed by atoms with Gasteiger partial charge in [0.15, 0.2) is 0 Å². The Morgan fingerprint density at radius 3 is 1.57 bits per heavy atom. The Labute approximate surface area is 371 Å². The minimum absolute atomic E-state index is 0.226. The van der Waals surface area contributed by atoms with Crippen LogP contribution in [0.5, 0.6) is 0 Å². The molecule has 0 bridgehead atoms. The van der Waals surface area contributed by atoms with Crippen molar-refractivity contribution in [2.24, 2.45) is 4.99 Å². The van der Waals surface area contributed by atoms with Gasteiger partial charge in [-0.05, 0) is 57.8 Å². The van der Waals surface area contributed by atoms with E-state index in [-0.39, 0.29) is 6.61 Å². The third-order valence-electron chi connectivity index (χ3n) is 11.0. The summed E-state index contributed by atoms with van der Waals surface area (Å²) in [5, 5.41) is 16.9. The normalized spacial score (nSPS) is 11.0. The molecule has 0 saturated heterocycles. The highest BCUT2D eigenvalue weighted by molar-refractivity contribution is 5.93. The van der Waals surface area contributed by atoms with Gasteiger partial charge >= 0.3 is 18.2 Å². The van der Waals surface area contributed by atoms with Gasteiger partial charge in [0.2, 0.25) is 6.08 Å². The SMILES string of the molecule is CCCCCCCCCCCCCCCCCC[N+](C)(C)CCOCCOC(=O)NCCCCCCNC(=O)N(CCCCCCN=C=O)C(=O)NCCCCCCOC#N. The first-order valence-electron chi connectivity index (χ1n) is 24.5. The zero-order chi connectivity index (χ0) is 44.8. The molecule has 0 aromatic heterocycles. The molecule has 0 atom stereocenters. The van der Waals surface area contributed by atoms with Gasteiger partial charge in [0.1, 0.15) is 19.8 Å². The van der Waals surface area contributed by atoms with Crippen LogP contribution in [0.2, 0.25) is 0 Å². The first kappa shape index (κ1) is 57.6. The van der Waals surface area contributed by atoms with E-state index in [0.717, 1.165) is 88.2 Å². The van der Waals surface area contributed by atoms with Crippen molar-refractivity contribution in [3.8, 4) is 6.26 Å². The Hall–Kier alpha value is -3.40. The second kappa shape index (κ2) is 44.6. The number of hydrogen-bond acceptors (Lipinski definition) is 9. The van der Waals surface area contributed by atoms with Crippen molar-refractivity contribution in [3.63, 3.8) is 0 Å². The number of ether oxygens (including phenoxy) is 3. The Morgan fingerprint density at radius 1 is 0.557 bits per heavy atom. The van der Waals surface area contributed by atoms with E-state index in [2.05, 4.69) is 46.7 Å². The van der Waals surface area contributed by atoms with Crippen LogP contribution in [0, 0.1) is 11.5 Å². The maximum atomic E-state index is 12.9. The number of urea groups is 2. The van der Waals surface area contributed by atoms with Crippen LogP contribution in [-0.4, -0.2) is 120 Å². The van der Waals surface area contributed by atoms with E-state index in [1.807, 2.05) is 0 Å². The molecule has 0 aromatic rings. The van der Waals surface area contributed by atoms with Crippen molar-refractivity contribution < 1.29 is 37.9 Å². The fraction of sp³-hybridized carbons (Fsp3) is 0.894. The first-order valence-corrected chi connectivity index (χ1v) is 24.5. The minimum atomic E-state index is -0.437. The van der Waals surface area contributed by atoms with E-state index < -0.39 is 18.2 Å². The molecule has 61 heavy (non-hydrogen) atoms. The third kappa shape index (κ3) is 41.7. The summed E-state index contributed by atoms with van der Waals surface area (Å²) in [7, 11) is 4.52. The molecule has 0 unspecified atom stereocenters. The summed E-state index contributed by atoms with van der Waals surface area (Å²) >= 11 is 0. The molecule has 0 rings (SSSR count). The predicted molar refractivity (Wildman–Crippen MR) is 245 cm³/mol. The van der Waals surface area contributed by atoms with Crippen LogP contribution in [-0.2, 0) is 19.0 Å². The highest BCUT2D eigenvalue weighted by Crippen LogP contribution is 2.14. The standard InChI is InChI=1S/C47H89N7O7/c1-4-5-6-7-8-9-10-11-12-13-14-15-16-17-23-30-37-54(2,3)38-40-59-41-42-61-47(58)52-35-28-19-18-26-33-50-45(56)53(36-29-22-20-25-32-49-44-55)46(57)51-34-27-21-24-31-39-60-43-48/h4-42H2,1-3H3,(H2-,50,51,52,56,57,58)/p+1. The number of imide groups is 1. The van der Waals surface area contributed by atoms with Gasteiger partial charge in [-0.1, -0.05) is 129 Å². The molecule has 0 saturated carbocycles. The number of unbranched alkanes of at least 4 members (excludes halogenated alkanes) is 24. The minimum Gasteiger partial charge on any atom is -0.447 e. The first-order chi connectivity index (χ1) is 29.8. The quantitative estimate of drug-likeness (QED) is 0.0179. The van der Waals surface area contributed by atoms with E-state index in [4.69, 9.17) is 14.7 Å². The number of quaternary nitrogens is 1. The van der Waals surface area contributed by atoms with Crippen LogP contribution >= 0.6 is 0 Å². The maximum Gasteiger partial charge on any atom is 0.407 e. The van der Waals surface area contributed by atoms with Crippen molar-refractivity contribution in [2.75, 3.05) is 86.3 Å². The van der Waals surface area contributed by atoms with Crippen LogP contribution in [0.3, 0.4) is 0 Å². The van der Waals surface area contributed by atoms with Gasteiger partial charge in [-0.2, -0.15) is 5.26 Å². The molecule has 3 N–H and O–H groups in total. The average molecular weight is 865 g/mol. The van der Waals surface area contributed by atoms with Crippen LogP contribution in [0.15, 0.2) is 4.99 Å². The fourth-order valence-electron chi connectivity index (χ4n) is 7.09. The lowest BCUT2D eigenvalue weighted by Gasteiger charge is -2.29. The lowest BCUT2D eigenvalue weighted by Crippen LogP contribution is -2.49. The van der Waals surface area contributed by atoms with E-state index in [1.165, 1.54) is 114 Å². The number of aliphatic imine (C=N–C) groups is 1. The van der Waals surface area contributed by atoms with Crippen molar-refractivity contribution in [3.05, 3.63) is 0 Å². The lowest BCUT2D eigenvalue weighted by atomic mass is 10.0. The number of carbonyl (C=O) groups excluding carboxylic acids is 4. The molecule has 14 nitrogen and oxygen atoms in total. The largest absolute Gasteiger partial charge is 0.447 e. The van der Waals surface area contributed by atoms with Gasteiger partial charge in [0.25, 0.3) is 6.26 Å². The number of carbonyl (C=O) groups is 3. The molecule has 0 radical (unpaired) electrons. The number of alkyl carbamates (subject to hydrolysis) is 1. The number of likely N-dealkylation sites (N-methyl/N-ethyl adjacent to an activating group) is 1. The molecule has 0 aliphatic carbocycles. The summed E-state index contributed by atoms with van der Waals surface area (Å²) in [5.74, 6) is 0. The Kier molecular flexibility index (Phi) is 42.2. The molecule has 354 valence electrons. The number of nitrogens with zero attached hydrogens (tertiary/aromatic N) is 4. The average Bonchev–Trinajstić information content (AvgIpc) is 3.24. The predicted octanol–water partition coefficient (Wildman–Crippen LogP) is 10.3. The zero-order valence-corrected chi connectivity index (χ0v) is 39.2. The molecule has 14 heteroatoms. The molecule has 0 aliphatic rings. The molecule has 0 aromatic carbocycles. The summed E-state index contributed by atoms with van der Waals surface area (Å²) in [6.07, 6.45) is 34.6. The van der Waals surface area contributed by atoms with Crippen LogP contribution in [0.25, 0.3) is 0 Å². The van der Waals surface area contributed by atoms with Crippen LogP contribution in [0.1, 0.15) is 187 Å². The summed E-state index contributed by atoms with van der Waals surface area (Å²) in [6, 6.07) is -0.835. The van der Waals surface area contributed by atoms with Crippen molar-refractivity contribution in [1.29, 1.82) is 5.26 Å². The molecule has 0 aliphatic heterocycles. The molecular formula is C47H90N7O7+. The van der Waals surface area contributed by atoms with E-state index in [9.17, 15) is 19.2 Å². The van der Waals surface area contributed by atoms with Gasteiger partial charge in [-0.25, -0.2) is 29.1 Å². The van der Waals surface area contributed by atoms with Crippen molar-refractivity contribution >= 4 is 24.2 Å². The molecule has 5 amide bonds. The second-order valence-electron chi connectivity index (χ2n) is 17.1. The molecule has 0 heterocycles. The summed E-state index contributed by atoms with van der Waals surface area (Å²) in [6.45, 7) is 8.18. The zero-order valence-electron chi connectivity index (χ0n) is 39.2. The summed E-state index contributed by atoms with van der Waals surface area (Å²) in [4.78, 5) is 52.9. The highest BCUT2D eigenvalue weighted by atomic mass is 16.6.